The van der Waals surface area contributed by atoms with Crippen LogP contribution in [0.3, 0.4) is 0 Å². The number of aryl methyl sites for hydroxylation is 1. The van der Waals surface area contributed by atoms with Crippen LogP contribution in [0.4, 0.5) is 0 Å². The molecule has 0 bridgehead atoms. The van der Waals surface area contributed by atoms with E-state index < -0.39 is 0 Å². The van der Waals surface area contributed by atoms with E-state index in [0.29, 0.717) is 37.4 Å². The third-order valence-corrected chi connectivity index (χ3v) is 6.00. The summed E-state index contributed by atoms with van der Waals surface area (Å²) < 4.78 is 10.6. The van der Waals surface area contributed by atoms with Crippen molar-refractivity contribution < 1.29 is 14.3 Å². The first-order valence-electron chi connectivity index (χ1n) is 8.73. The fourth-order valence-electron chi connectivity index (χ4n) is 2.86. The molecule has 0 saturated heterocycles. The summed E-state index contributed by atoms with van der Waals surface area (Å²) in [6.45, 7) is 1.31. The lowest BCUT2D eigenvalue weighted by molar-refractivity contribution is -0.132. The van der Waals surface area contributed by atoms with Crippen LogP contribution in [0.5, 0.6) is 11.5 Å². The molecule has 0 aliphatic carbocycles. The van der Waals surface area contributed by atoms with Crippen molar-refractivity contribution in [3.8, 4) is 11.5 Å². The lowest BCUT2D eigenvalue weighted by Gasteiger charge is -2.22. The SMILES string of the molecule is COc1ccc(CCC(=O)N(Cc2cccs2)Cc2cccs2)cc1OC. The highest BCUT2D eigenvalue weighted by Gasteiger charge is 2.16. The van der Waals surface area contributed by atoms with Crippen molar-refractivity contribution in [2.75, 3.05) is 14.2 Å². The van der Waals surface area contributed by atoms with E-state index in [1.807, 2.05) is 46.0 Å². The molecule has 2 heterocycles. The van der Waals surface area contributed by atoms with Gasteiger partial charge in [-0.2, -0.15) is 0 Å². The zero-order valence-electron chi connectivity index (χ0n) is 15.5. The molecule has 1 amide bonds. The van der Waals surface area contributed by atoms with Gasteiger partial charge in [-0.05, 0) is 47.0 Å². The molecule has 0 aliphatic heterocycles. The number of hydrogen-bond donors (Lipinski definition) is 0. The average molecular weight is 402 g/mol. The van der Waals surface area contributed by atoms with E-state index >= 15 is 0 Å². The molecule has 2 aromatic heterocycles. The van der Waals surface area contributed by atoms with E-state index in [1.54, 1.807) is 36.9 Å². The first kappa shape index (κ1) is 19.5. The monoisotopic (exact) mass is 401 g/mol. The molecule has 1 aromatic carbocycles. The highest BCUT2D eigenvalue weighted by molar-refractivity contribution is 7.10. The van der Waals surface area contributed by atoms with Crippen LogP contribution in [0.2, 0.25) is 0 Å². The Kier molecular flexibility index (Phi) is 6.90. The van der Waals surface area contributed by atoms with E-state index in [-0.39, 0.29) is 5.91 Å². The Balaban J connectivity index is 1.66. The van der Waals surface area contributed by atoms with Gasteiger partial charge in [-0.3, -0.25) is 4.79 Å². The summed E-state index contributed by atoms with van der Waals surface area (Å²) in [5.41, 5.74) is 1.06. The maximum absolute atomic E-state index is 12.9. The number of methoxy groups -OCH3 is 2. The number of benzene rings is 1. The first-order valence-corrected chi connectivity index (χ1v) is 10.5. The Hall–Kier alpha value is -2.31. The van der Waals surface area contributed by atoms with Crippen molar-refractivity contribution in [2.24, 2.45) is 0 Å². The third-order valence-electron chi connectivity index (χ3n) is 4.28. The number of amides is 1. The minimum absolute atomic E-state index is 0.159. The maximum Gasteiger partial charge on any atom is 0.223 e. The second-order valence-corrected chi connectivity index (χ2v) is 8.16. The number of carbonyl (C=O) groups excluding carboxylic acids is 1. The highest BCUT2D eigenvalue weighted by Crippen LogP contribution is 2.28. The van der Waals surface area contributed by atoms with Gasteiger partial charge in [0.2, 0.25) is 5.91 Å². The van der Waals surface area contributed by atoms with E-state index in [2.05, 4.69) is 12.1 Å². The molecule has 27 heavy (non-hydrogen) atoms. The number of hydrogen-bond acceptors (Lipinski definition) is 5. The lowest BCUT2D eigenvalue weighted by atomic mass is 10.1. The van der Waals surface area contributed by atoms with E-state index in [4.69, 9.17) is 9.47 Å². The molecular weight excluding hydrogens is 378 g/mol. The Labute approximate surface area is 168 Å². The zero-order valence-corrected chi connectivity index (χ0v) is 17.1. The fraction of sp³-hybridized carbons (Fsp3) is 0.286. The van der Waals surface area contributed by atoms with Crippen LogP contribution in [0.25, 0.3) is 0 Å². The fourth-order valence-corrected chi connectivity index (χ4v) is 4.30. The lowest BCUT2D eigenvalue weighted by Crippen LogP contribution is -2.29. The summed E-state index contributed by atoms with van der Waals surface area (Å²) in [6, 6.07) is 14.0. The predicted molar refractivity (Wildman–Crippen MR) is 111 cm³/mol. The van der Waals surface area contributed by atoms with Gasteiger partial charge < -0.3 is 14.4 Å². The van der Waals surface area contributed by atoms with Gasteiger partial charge in [-0.25, -0.2) is 0 Å². The molecule has 0 atom stereocenters. The molecule has 0 N–H and O–H groups in total. The Morgan fingerprint density at radius 1 is 0.926 bits per heavy atom. The average Bonchev–Trinajstić information content (AvgIpc) is 3.39. The van der Waals surface area contributed by atoms with Crippen LogP contribution >= 0.6 is 22.7 Å². The van der Waals surface area contributed by atoms with Crippen LogP contribution in [0.15, 0.2) is 53.2 Å². The van der Waals surface area contributed by atoms with Gasteiger partial charge in [0.05, 0.1) is 27.3 Å². The van der Waals surface area contributed by atoms with Crippen LogP contribution in [0, 0.1) is 0 Å². The summed E-state index contributed by atoms with van der Waals surface area (Å²) in [5.74, 6) is 1.55. The molecule has 0 radical (unpaired) electrons. The molecule has 3 aromatic rings. The molecule has 0 unspecified atom stereocenters. The molecule has 142 valence electrons. The Bertz CT molecular complexity index is 808. The van der Waals surface area contributed by atoms with Gasteiger partial charge >= 0.3 is 0 Å². The Morgan fingerprint density at radius 2 is 1.56 bits per heavy atom. The summed E-state index contributed by atoms with van der Waals surface area (Å²) in [5, 5.41) is 4.10. The van der Waals surface area contributed by atoms with Crippen molar-refractivity contribution in [1.82, 2.24) is 4.90 Å². The number of rotatable bonds is 9. The normalized spacial score (nSPS) is 10.6. The van der Waals surface area contributed by atoms with Gasteiger partial charge in [0, 0.05) is 16.2 Å². The molecule has 0 aliphatic rings. The van der Waals surface area contributed by atoms with Crippen LogP contribution < -0.4 is 9.47 Å². The molecule has 6 heteroatoms. The van der Waals surface area contributed by atoms with Gasteiger partial charge in [-0.15, -0.1) is 22.7 Å². The van der Waals surface area contributed by atoms with Gasteiger partial charge in [-0.1, -0.05) is 18.2 Å². The van der Waals surface area contributed by atoms with Gasteiger partial charge in [0.15, 0.2) is 11.5 Å². The second kappa shape index (κ2) is 9.58. The van der Waals surface area contributed by atoms with Gasteiger partial charge in [0.25, 0.3) is 0 Å². The maximum atomic E-state index is 12.9. The van der Waals surface area contributed by atoms with Crippen molar-refractivity contribution in [1.29, 1.82) is 0 Å². The van der Waals surface area contributed by atoms with Gasteiger partial charge in [0.1, 0.15) is 0 Å². The minimum atomic E-state index is 0.159. The highest BCUT2D eigenvalue weighted by atomic mass is 32.1. The molecule has 0 fully saturated rings. The first-order chi connectivity index (χ1) is 13.2. The summed E-state index contributed by atoms with van der Waals surface area (Å²) in [4.78, 5) is 17.3. The van der Waals surface area contributed by atoms with Crippen LogP contribution in [-0.2, 0) is 24.3 Å². The molecule has 3 rings (SSSR count). The molecule has 4 nitrogen and oxygen atoms in total. The predicted octanol–water partition coefficient (Wildman–Crippen LogP) is 4.99. The summed E-state index contributed by atoms with van der Waals surface area (Å²) in [6.07, 6.45) is 1.14. The number of carbonyl (C=O) groups is 1. The molecule has 0 spiro atoms. The van der Waals surface area contributed by atoms with Crippen molar-refractivity contribution >= 4 is 28.6 Å². The van der Waals surface area contributed by atoms with E-state index in [9.17, 15) is 4.79 Å². The minimum Gasteiger partial charge on any atom is -0.493 e. The number of ether oxygens (including phenoxy) is 2. The van der Waals surface area contributed by atoms with E-state index in [1.165, 1.54) is 9.75 Å². The second-order valence-electron chi connectivity index (χ2n) is 6.10. The summed E-state index contributed by atoms with van der Waals surface area (Å²) in [7, 11) is 3.24. The van der Waals surface area contributed by atoms with Crippen molar-refractivity contribution in [2.45, 2.75) is 25.9 Å². The standard InChI is InChI=1S/C21H23NO3S2/c1-24-19-9-7-16(13-20(19)25-2)8-10-21(23)22(14-17-5-3-11-26-17)15-18-6-4-12-27-18/h3-7,9,11-13H,8,10,14-15H2,1-2H3. The van der Waals surface area contributed by atoms with Crippen molar-refractivity contribution in [3.63, 3.8) is 0 Å². The summed E-state index contributed by atoms with van der Waals surface area (Å²) >= 11 is 3.37. The number of thiophene rings is 2. The molecular formula is C21H23NO3S2. The third kappa shape index (κ3) is 5.34. The largest absolute Gasteiger partial charge is 0.493 e. The molecule has 0 saturated carbocycles. The number of nitrogens with zero attached hydrogens (tertiary/aromatic N) is 1. The van der Waals surface area contributed by atoms with Crippen molar-refractivity contribution in [3.05, 3.63) is 68.5 Å². The zero-order chi connectivity index (χ0) is 19.1. The van der Waals surface area contributed by atoms with Crippen LogP contribution in [-0.4, -0.2) is 25.0 Å². The van der Waals surface area contributed by atoms with Crippen LogP contribution in [0.1, 0.15) is 21.7 Å². The van der Waals surface area contributed by atoms with E-state index in [0.717, 1.165) is 5.56 Å². The quantitative estimate of drug-likeness (QED) is 0.507. The topological polar surface area (TPSA) is 38.8 Å². The Morgan fingerprint density at radius 3 is 2.07 bits per heavy atom. The smallest absolute Gasteiger partial charge is 0.223 e.